The summed E-state index contributed by atoms with van der Waals surface area (Å²) in [5.74, 6) is 0. The van der Waals surface area contributed by atoms with Gasteiger partial charge in [0.1, 0.15) is 0 Å². The molecule has 0 rings (SSSR count). The second-order valence-electron chi connectivity index (χ2n) is 2.25. The van der Waals surface area contributed by atoms with Gasteiger partial charge in [0.2, 0.25) is 0 Å². The summed E-state index contributed by atoms with van der Waals surface area (Å²) in [6.07, 6.45) is 1.43. The lowest BCUT2D eigenvalue weighted by molar-refractivity contribution is 0.410. The van der Waals surface area contributed by atoms with Gasteiger partial charge in [0.15, 0.2) is 0 Å². The predicted molar refractivity (Wildman–Crippen MR) is 46.5 cm³/mol. The van der Waals surface area contributed by atoms with Crippen LogP contribution in [-0.4, -0.2) is 44.4 Å². The second-order valence-corrected chi connectivity index (χ2v) is 7.40. The molecule has 0 aliphatic heterocycles. The van der Waals surface area contributed by atoms with Gasteiger partial charge in [-0.05, 0) is 30.0 Å². The van der Waals surface area contributed by atoms with Crippen molar-refractivity contribution < 1.29 is 0 Å². The summed E-state index contributed by atoms with van der Waals surface area (Å²) in [4.78, 5) is 2.42. The van der Waals surface area contributed by atoms with Crippen molar-refractivity contribution in [1.82, 2.24) is 4.90 Å². The van der Waals surface area contributed by atoms with E-state index in [4.69, 9.17) is 0 Å². The molecule has 0 aliphatic carbocycles. The van der Waals surface area contributed by atoms with E-state index in [0.29, 0.717) is 9.52 Å². The third kappa shape index (κ3) is 4.55. The molecule has 0 bridgehead atoms. The van der Waals surface area contributed by atoms with Gasteiger partial charge in [0.25, 0.3) is 0 Å². The van der Waals surface area contributed by atoms with E-state index in [2.05, 4.69) is 18.9 Å². The van der Waals surface area contributed by atoms with E-state index in [1.54, 1.807) is 5.67 Å². The maximum absolute atomic E-state index is 2.42. The zero-order valence-electron chi connectivity index (χ0n) is 6.28. The first kappa shape index (κ1) is 8.39. The molecule has 8 heavy (non-hydrogen) atoms. The van der Waals surface area contributed by atoms with Crippen LogP contribution in [0.1, 0.15) is 6.92 Å². The molecule has 0 atom stereocenters. The molecule has 0 unspecified atom stereocenters. The lowest BCUT2D eigenvalue weighted by Crippen LogP contribution is -2.23. The van der Waals surface area contributed by atoms with E-state index in [0.717, 1.165) is 0 Å². The van der Waals surface area contributed by atoms with Gasteiger partial charge < -0.3 is 4.90 Å². The fraction of sp³-hybridized carbons (Fsp3) is 1.00. The summed E-state index contributed by atoms with van der Waals surface area (Å²) in [7, 11) is 4.00. The normalized spacial score (nSPS) is 12.4. The summed E-state index contributed by atoms with van der Waals surface area (Å²) in [5, 5.41) is 0. The molecule has 1 nitrogen and oxygen atoms in total. The van der Waals surface area contributed by atoms with Gasteiger partial charge in [-0.25, -0.2) is 0 Å². The van der Waals surface area contributed by atoms with Crippen LogP contribution in [0.3, 0.4) is 0 Å². The topological polar surface area (TPSA) is 3.24 Å². The zero-order valence-corrected chi connectivity index (χ0v) is 9.69. The molecule has 0 aromatic heterocycles. The largest absolute Gasteiger partial charge is 0.310 e. The monoisotopic (exact) mass is 147 g/mol. The number of rotatable bonds is 4. The molecule has 0 aliphatic rings. The average Bonchev–Trinajstić information content (AvgIpc) is 1.83. The highest BCUT2D eigenvalue weighted by atomic mass is 28.2. The third-order valence-electron chi connectivity index (χ3n) is 1.43. The summed E-state index contributed by atoms with van der Waals surface area (Å²) in [6, 6.07) is 0. The Morgan fingerprint density at radius 3 is 2.62 bits per heavy atom. The van der Waals surface area contributed by atoms with Crippen molar-refractivity contribution in [2.24, 2.45) is 0 Å². The van der Waals surface area contributed by atoms with Crippen molar-refractivity contribution in [3.63, 3.8) is 0 Å². The van der Waals surface area contributed by atoms with E-state index in [-0.39, 0.29) is 0 Å². The van der Waals surface area contributed by atoms with Crippen molar-refractivity contribution >= 4 is 19.8 Å². The molecule has 0 heterocycles. The molecule has 0 aromatic rings. The first-order valence-corrected chi connectivity index (χ1v) is 6.91. The molecule has 0 saturated carbocycles. The van der Waals surface area contributed by atoms with Crippen LogP contribution in [0.15, 0.2) is 0 Å². The Labute approximate surface area is 57.7 Å². The molecular formula is C5H17NSi2. The Balaban J connectivity index is 2.86. The van der Waals surface area contributed by atoms with Crippen LogP contribution in [0.25, 0.3) is 0 Å². The molecule has 0 amide bonds. The fourth-order valence-corrected chi connectivity index (χ4v) is 2.71. The maximum Gasteiger partial charge on any atom is 0.0335 e. The number of nitrogens with zero attached hydrogens (tertiary/aromatic N) is 1. The van der Waals surface area contributed by atoms with Crippen molar-refractivity contribution in [2.45, 2.75) is 12.6 Å². The van der Waals surface area contributed by atoms with E-state index >= 15 is 0 Å². The quantitative estimate of drug-likeness (QED) is 0.452. The highest BCUT2D eigenvalue weighted by molar-refractivity contribution is 6.47. The molecule has 0 aromatic carbocycles. The SMILES string of the molecule is CCN(C)C[SiH2]C[SiH3]. The first-order chi connectivity index (χ1) is 3.81. The minimum atomic E-state index is 0.351. The Morgan fingerprint density at radius 1 is 1.62 bits per heavy atom. The van der Waals surface area contributed by atoms with Crippen LogP contribution in [-0.2, 0) is 0 Å². The van der Waals surface area contributed by atoms with Crippen molar-refractivity contribution in [2.75, 3.05) is 19.8 Å². The number of hydrogen-bond acceptors (Lipinski definition) is 1. The average molecular weight is 147 g/mol. The van der Waals surface area contributed by atoms with Crippen molar-refractivity contribution in [3.8, 4) is 0 Å². The Bertz CT molecular complexity index is 49.7. The molecule has 0 radical (unpaired) electrons. The molecule has 0 saturated heterocycles. The first-order valence-electron chi connectivity index (χ1n) is 3.49. The summed E-state index contributed by atoms with van der Waals surface area (Å²) in [5.41, 5.74) is 1.59. The summed E-state index contributed by atoms with van der Waals surface area (Å²) < 4.78 is 0. The lowest BCUT2D eigenvalue weighted by Gasteiger charge is -2.11. The van der Waals surface area contributed by atoms with E-state index < -0.39 is 0 Å². The Morgan fingerprint density at radius 2 is 2.25 bits per heavy atom. The minimum absolute atomic E-state index is 0.351. The Hall–Kier alpha value is 0.394. The van der Waals surface area contributed by atoms with Gasteiger partial charge >= 0.3 is 0 Å². The molecular weight excluding hydrogens is 130 g/mol. The third-order valence-corrected chi connectivity index (χ3v) is 5.34. The predicted octanol–water partition coefficient (Wildman–Crippen LogP) is -1.19. The van der Waals surface area contributed by atoms with Crippen LogP contribution in [0.5, 0.6) is 0 Å². The van der Waals surface area contributed by atoms with E-state index in [9.17, 15) is 0 Å². The van der Waals surface area contributed by atoms with Crippen LogP contribution >= 0.6 is 0 Å². The standard InChI is InChI=1S/C5H17NSi2/c1-3-6(2)4-8-5-7/h3-5,8H2,1-2,7H3. The molecule has 0 N–H and O–H groups in total. The van der Waals surface area contributed by atoms with Gasteiger partial charge in [-0.3, -0.25) is 0 Å². The lowest BCUT2D eigenvalue weighted by atomic mass is 10.7. The van der Waals surface area contributed by atoms with Crippen molar-refractivity contribution in [3.05, 3.63) is 0 Å². The van der Waals surface area contributed by atoms with Gasteiger partial charge in [0.05, 0.1) is 0 Å². The second kappa shape index (κ2) is 5.53. The van der Waals surface area contributed by atoms with Gasteiger partial charge in [-0.2, -0.15) is 0 Å². The molecule has 0 spiro atoms. The van der Waals surface area contributed by atoms with Gasteiger partial charge in [-0.1, -0.05) is 12.6 Å². The van der Waals surface area contributed by atoms with Crippen LogP contribution in [0, 0.1) is 0 Å². The zero-order chi connectivity index (χ0) is 6.41. The Kier molecular flexibility index (Phi) is 5.80. The highest BCUT2D eigenvalue weighted by Crippen LogP contribution is 1.78. The van der Waals surface area contributed by atoms with Crippen LogP contribution in [0.4, 0.5) is 0 Å². The van der Waals surface area contributed by atoms with E-state index in [1.165, 1.54) is 23.0 Å². The van der Waals surface area contributed by atoms with E-state index in [1.807, 2.05) is 0 Å². The van der Waals surface area contributed by atoms with Crippen molar-refractivity contribution in [1.29, 1.82) is 0 Å². The number of hydrogen-bond donors (Lipinski definition) is 0. The van der Waals surface area contributed by atoms with Crippen LogP contribution in [0.2, 0.25) is 5.67 Å². The molecule has 3 heteroatoms. The van der Waals surface area contributed by atoms with Gasteiger partial charge in [0, 0.05) is 9.52 Å². The highest BCUT2D eigenvalue weighted by Gasteiger charge is 1.90. The minimum Gasteiger partial charge on any atom is -0.310 e. The van der Waals surface area contributed by atoms with Gasteiger partial charge in [-0.15, -0.1) is 0 Å². The fourth-order valence-electron chi connectivity index (χ4n) is 0.586. The molecule has 50 valence electrons. The molecule has 0 fully saturated rings. The van der Waals surface area contributed by atoms with Crippen LogP contribution < -0.4 is 0 Å². The smallest absolute Gasteiger partial charge is 0.0335 e. The summed E-state index contributed by atoms with van der Waals surface area (Å²) >= 11 is 0. The summed E-state index contributed by atoms with van der Waals surface area (Å²) in [6.45, 7) is 3.45. The maximum atomic E-state index is 2.42.